The number of aliphatic hydroxyl groups excluding tert-OH is 1. The topological polar surface area (TPSA) is 23.5 Å². The van der Waals surface area contributed by atoms with Crippen molar-refractivity contribution in [3.63, 3.8) is 0 Å². The van der Waals surface area contributed by atoms with Crippen LogP contribution < -0.4 is 0 Å². The van der Waals surface area contributed by atoms with E-state index >= 15 is 0 Å². The van der Waals surface area contributed by atoms with Gasteiger partial charge in [-0.3, -0.25) is 4.39 Å². The highest BCUT2D eigenvalue weighted by molar-refractivity contribution is 4.78. The molecular formula is C10H20FNO. The maximum Gasteiger partial charge on any atom is 0.0906 e. The number of alkyl halides is 1. The lowest BCUT2D eigenvalue weighted by atomic mass is 10.1. The number of halogens is 1. The van der Waals surface area contributed by atoms with Gasteiger partial charge in [0, 0.05) is 19.2 Å². The summed E-state index contributed by atoms with van der Waals surface area (Å²) in [7, 11) is 0. The van der Waals surface area contributed by atoms with Crippen molar-refractivity contribution >= 4 is 0 Å². The second-order valence-corrected chi connectivity index (χ2v) is 3.74. The molecule has 0 spiro atoms. The molecule has 78 valence electrons. The Morgan fingerprint density at radius 2 is 2.23 bits per heavy atom. The summed E-state index contributed by atoms with van der Waals surface area (Å²) < 4.78 is 12.0. The molecule has 0 bridgehead atoms. The van der Waals surface area contributed by atoms with Crippen LogP contribution in [0.4, 0.5) is 4.39 Å². The third-order valence-corrected chi connectivity index (χ3v) is 2.77. The van der Waals surface area contributed by atoms with Gasteiger partial charge in [-0.2, -0.15) is 0 Å². The van der Waals surface area contributed by atoms with E-state index in [1.165, 1.54) is 12.8 Å². The van der Waals surface area contributed by atoms with Crippen LogP contribution in [-0.2, 0) is 0 Å². The molecule has 2 nitrogen and oxygen atoms in total. The molecule has 3 heteroatoms. The maximum absolute atomic E-state index is 12.0. The van der Waals surface area contributed by atoms with Crippen LogP contribution in [0.1, 0.15) is 32.1 Å². The fourth-order valence-corrected chi connectivity index (χ4v) is 2.11. The third kappa shape index (κ3) is 3.61. The van der Waals surface area contributed by atoms with Gasteiger partial charge in [-0.05, 0) is 38.6 Å². The van der Waals surface area contributed by atoms with Gasteiger partial charge in [0.1, 0.15) is 0 Å². The van der Waals surface area contributed by atoms with E-state index in [0.717, 1.165) is 25.9 Å². The van der Waals surface area contributed by atoms with Gasteiger partial charge in [0.15, 0.2) is 0 Å². The molecule has 1 aliphatic heterocycles. The van der Waals surface area contributed by atoms with Gasteiger partial charge in [-0.25, -0.2) is 0 Å². The van der Waals surface area contributed by atoms with Gasteiger partial charge in [0.25, 0.3) is 0 Å². The van der Waals surface area contributed by atoms with Crippen LogP contribution in [0.25, 0.3) is 0 Å². The Labute approximate surface area is 79.7 Å². The highest BCUT2D eigenvalue weighted by Gasteiger charge is 2.22. The van der Waals surface area contributed by atoms with E-state index in [1.807, 2.05) is 0 Å². The first-order valence-corrected chi connectivity index (χ1v) is 5.29. The number of aliphatic hydroxyl groups is 1. The molecule has 0 aromatic rings. The molecule has 1 rings (SSSR count). The Balaban J connectivity index is 2.18. The predicted molar refractivity (Wildman–Crippen MR) is 51.5 cm³/mol. The van der Waals surface area contributed by atoms with Crippen molar-refractivity contribution in [1.82, 2.24) is 4.90 Å². The minimum atomic E-state index is -0.205. The van der Waals surface area contributed by atoms with Crippen LogP contribution in [0.5, 0.6) is 0 Å². The van der Waals surface area contributed by atoms with Crippen LogP contribution in [-0.4, -0.2) is 42.4 Å². The van der Waals surface area contributed by atoms with E-state index in [-0.39, 0.29) is 13.3 Å². The summed E-state index contributed by atoms with van der Waals surface area (Å²) in [4.78, 5) is 2.37. The van der Waals surface area contributed by atoms with Crippen LogP contribution in [0.2, 0.25) is 0 Å². The van der Waals surface area contributed by atoms with E-state index in [2.05, 4.69) is 4.90 Å². The monoisotopic (exact) mass is 189 g/mol. The van der Waals surface area contributed by atoms with Crippen molar-refractivity contribution in [3.05, 3.63) is 0 Å². The number of hydrogen-bond donors (Lipinski definition) is 1. The highest BCUT2D eigenvalue weighted by atomic mass is 19.1. The van der Waals surface area contributed by atoms with Gasteiger partial charge in [0.05, 0.1) is 6.67 Å². The van der Waals surface area contributed by atoms with Crippen molar-refractivity contribution in [2.75, 3.05) is 26.4 Å². The first-order valence-electron chi connectivity index (χ1n) is 5.29. The maximum atomic E-state index is 12.0. The third-order valence-electron chi connectivity index (χ3n) is 2.77. The zero-order valence-electron chi connectivity index (χ0n) is 8.21. The SMILES string of the molecule is OCCCC1CCCN1CCCF. The first kappa shape index (κ1) is 10.9. The van der Waals surface area contributed by atoms with Gasteiger partial charge in [-0.15, -0.1) is 0 Å². The predicted octanol–water partition coefficient (Wildman–Crippen LogP) is 1.58. The Morgan fingerprint density at radius 1 is 1.38 bits per heavy atom. The molecule has 0 aromatic carbocycles. The van der Waals surface area contributed by atoms with Gasteiger partial charge in [-0.1, -0.05) is 0 Å². The van der Waals surface area contributed by atoms with Crippen molar-refractivity contribution in [3.8, 4) is 0 Å². The quantitative estimate of drug-likeness (QED) is 0.685. The minimum Gasteiger partial charge on any atom is -0.396 e. The minimum absolute atomic E-state index is 0.205. The average Bonchev–Trinajstić information content (AvgIpc) is 2.59. The van der Waals surface area contributed by atoms with E-state index in [1.54, 1.807) is 0 Å². The first-order chi connectivity index (χ1) is 6.38. The van der Waals surface area contributed by atoms with Crippen molar-refractivity contribution in [1.29, 1.82) is 0 Å². The summed E-state index contributed by atoms with van der Waals surface area (Å²) in [6.45, 7) is 2.10. The fourth-order valence-electron chi connectivity index (χ4n) is 2.11. The molecular weight excluding hydrogens is 169 g/mol. The van der Waals surface area contributed by atoms with E-state index < -0.39 is 0 Å². The molecule has 1 saturated heterocycles. The van der Waals surface area contributed by atoms with Gasteiger partial charge >= 0.3 is 0 Å². The molecule has 1 heterocycles. The van der Waals surface area contributed by atoms with Gasteiger partial charge < -0.3 is 10.0 Å². The molecule has 1 fully saturated rings. The fraction of sp³-hybridized carbons (Fsp3) is 1.00. The molecule has 0 saturated carbocycles. The normalized spacial score (nSPS) is 24.0. The second kappa shape index (κ2) is 6.33. The van der Waals surface area contributed by atoms with E-state index in [0.29, 0.717) is 12.5 Å². The van der Waals surface area contributed by atoms with Crippen LogP contribution >= 0.6 is 0 Å². The number of rotatable bonds is 6. The Morgan fingerprint density at radius 3 is 2.92 bits per heavy atom. The smallest absolute Gasteiger partial charge is 0.0906 e. The second-order valence-electron chi connectivity index (χ2n) is 3.74. The molecule has 0 amide bonds. The summed E-state index contributed by atoms with van der Waals surface area (Å²) in [6, 6.07) is 0.610. The standard InChI is InChI=1S/C10H20FNO/c11-6-3-8-12-7-1-4-10(12)5-2-9-13/h10,13H,1-9H2. The number of hydrogen-bond acceptors (Lipinski definition) is 2. The molecule has 1 N–H and O–H groups in total. The van der Waals surface area contributed by atoms with Crippen LogP contribution in [0.3, 0.4) is 0 Å². The lowest BCUT2D eigenvalue weighted by molar-refractivity contribution is 0.209. The summed E-state index contributed by atoms with van der Waals surface area (Å²) in [5, 5.41) is 8.71. The zero-order chi connectivity index (χ0) is 9.52. The molecule has 1 atom stereocenters. The molecule has 0 aliphatic carbocycles. The lowest BCUT2D eigenvalue weighted by Gasteiger charge is -2.23. The van der Waals surface area contributed by atoms with Crippen molar-refractivity contribution < 1.29 is 9.50 Å². The van der Waals surface area contributed by atoms with E-state index in [4.69, 9.17) is 5.11 Å². The largest absolute Gasteiger partial charge is 0.396 e. The lowest BCUT2D eigenvalue weighted by Crippen LogP contribution is -2.30. The number of likely N-dealkylation sites (tertiary alicyclic amines) is 1. The summed E-state index contributed by atoms with van der Waals surface area (Å²) in [5.74, 6) is 0. The zero-order valence-corrected chi connectivity index (χ0v) is 8.21. The Hall–Kier alpha value is -0.150. The summed E-state index contributed by atoms with van der Waals surface area (Å²) >= 11 is 0. The average molecular weight is 189 g/mol. The summed E-state index contributed by atoms with van der Waals surface area (Å²) in [6.07, 6.45) is 5.09. The Kier molecular flexibility index (Phi) is 5.32. The Bertz CT molecular complexity index is 118. The summed E-state index contributed by atoms with van der Waals surface area (Å²) in [5.41, 5.74) is 0. The van der Waals surface area contributed by atoms with Crippen LogP contribution in [0, 0.1) is 0 Å². The van der Waals surface area contributed by atoms with Crippen molar-refractivity contribution in [2.24, 2.45) is 0 Å². The molecule has 0 radical (unpaired) electrons. The van der Waals surface area contributed by atoms with Crippen molar-refractivity contribution in [2.45, 2.75) is 38.1 Å². The van der Waals surface area contributed by atoms with E-state index in [9.17, 15) is 4.39 Å². The highest BCUT2D eigenvalue weighted by Crippen LogP contribution is 2.21. The molecule has 0 aromatic heterocycles. The van der Waals surface area contributed by atoms with Crippen LogP contribution in [0.15, 0.2) is 0 Å². The van der Waals surface area contributed by atoms with Gasteiger partial charge in [0.2, 0.25) is 0 Å². The molecule has 1 aliphatic rings. The number of nitrogens with zero attached hydrogens (tertiary/aromatic N) is 1. The molecule has 13 heavy (non-hydrogen) atoms. The molecule has 1 unspecified atom stereocenters.